The summed E-state index contributed by atoms with van der Waals surface area (Å²) in [5.41, 5.74) is 0.981. The highest BCUT2D eigenvalue weighted by atomic mass is 16.5. The van der Waals surface area contributed by atoms with Crippen molar-refractivity contribution < 1.29 is 14.3 Å². The van der Waals surface area contributed by atoms with E-state index in [4.69, 9.17) is 4.74 Å². The van der Waals surface area contributed by atoms with Gasteiger partial charge in [-0.1, -0.05) is 18.2 Å². The summed E-state index contributed by atoms with van der Waals surface area (Å²) >= 11 is 0. The van der Waals surface area contributed by atoms with Gasteiger partial charge in [-0.3, -0.25) is 9.59 Å². The maximum Gasteiger partial charge on any atom is 0.281 e. The van der Waals surface area contributed by atoms with E-state index >= 15 is 0 Å². The van der Waals surface area contributed by atoms with Crippen LogP contribution in [0.1, 0.15) is 0 Å². The summed E-state index contributed by atoms with van der Waals surface area (Å²) in [6.45, 7) is 1.06. The molecule has 0 unspecified atom stereocenters. The summed E-state index contributed by atoms with van der Waals surface area (Å²) in [5, 5.41) is 0. The summed E-state index contributed by atoms with van der Waals surface area (Å²) in [7, 11) is 3.37. The first-order chi connectivity index (χ1) is 9.15. The van der Waals surface area contributed by atoms with Gasteiger partial charge in [-0.05, 0) is 12.1 Å². The Labute approximate surface area is 112 Å². The van der Waals surface area contributed by atoms with Crippen LogP contribution in [0.5, 0.6) is 0 Å². The molecule has 0 spiro atoms. The maximum atomic E-state index is 12.3. The molecule has 2 rings (SSSR count). The lowest BCUT2D eigenvalue weighted by Crippen LogP contribution is -2.34. The third kappa shape index (κ3) is 2.66. The fraction of sp³-hybridized carbons (Fsp3) is 0.286. The topological polar surface area (TPSA) is 49.9 Å². The Balaban J connectivity index is 2.17. The molecule has 100 valence electrons. The first kappa shape index (κ1) is 13.3. The fourth-order valence-corrected chi connectivity index (χ4v) is 1.90. The smallest absolute Gasteiger partial charge is 0.281 e. The molecule has 19 heavy (non-hydrogen) atoms. The molecule has 1 aromatic carbocycles. The molecule has 0 atom stereocenters. The molecule has 5 heteroatoms. The normalized spacial score (nSPS) is 14.8. The third-order valence-electron chi connectivity index (χ3n) is 2.96. The van der Waals surface area contributed by atoms with Crippen LogP contribution in [0.3, 0.4) is 0 Å². The minimum absolute atomic E-state index is 0.296. The molecule has 5 nitrogen and oxygen atoms in total. The second-order valence-corrected chi connectivity index (χ2v) is 4.26. The number of anilines is 1. The largest absolute Gasteiger partial charge is 0.383 e. The van der Waals surface area contributed by atoms with E-state index in [1.54, 1.807) is 43.3 Å². The van der Waals surface area contributed by atoms with Gasteiger partial charge in [0.25, 0.3) is 11.8 Å². The molecule has 0 bridgehead atoms. The van der Waals surface area contributed by atoms with Gasteiger partial charge < -0.3 is 9.64 Å². The molecule has 0 aliphatic carbocycles. The van der Waals surface area contributed by atoms with Crippen molar-refractivity contribution in [3.8, 4) is 0 Å². The van der Waals surface area contributed by atoms with E-state index in [0.29, 0.717) is 24.5 Å². The number of benzene rings is 1. The predicted octanol–water partition coefficient (Wildman–Crippen LogP) is 1.02. The molecule has 0 N–H and O–H groups in total. The molecule has 1 aliphatic heterocycles. The molecule has 0 saturated heterocycles. The van der Waals surface area contributed by atoms with Crippen molar-refractivity contribution in [2.75, 3.05) is 32.2 Å². The van der Waals surface area contributed by atoms with Crippen molar-refractivity contribution in [2.45, 2.75) is 0 Å². The lowest BCUT2D eigenvalue weighted by Gasteiger charge is -2.20. The van der Waals surface area contributed by atoms with Crippen molar-refractivity contribution >= 4 is 17.5 Å². The molecule has 1 heterocycles. The van der Waals surface area contributed by atoms with Crippen molar-refractivity contribution in [1.29, 1.82) is 0 Å². The Kier molecular flexibility index (Phi) is 3.97. The van der Waals surface area contributed by atoms with Gasteiger partial charge in [-0.2, -0.15) is 0 Å². The van der Waals surface area contributed by atoms with E-state index in [0.717, 1.165) is 0 Å². The highest BCUT2D eigenvalue weighted by Crippen LogP contribution is 2.23. The number of carbonyl (C=O) groups excluding carboxylic acids is 2. The van der Waals surface area contributed by atoms with Gasteiger partial charge in [-0.25, -0.2) is 4.90 Å². The minimum atomic E-state index is -0.310. The van der Waals surface area contributed by atoms with Crippen LogP contribution in [0.15, 0.2) is 42.1 Å². The number of rotatable bonds is 5. The second-order valence-electron chi connectivity index (χ2n) is 4.26. The van der Waals surface area contributed by atoms with Crippen LogP contribution >= 0.6 is 0 Å². The number of carbonyl (C=O) groups is 2. The Bertz CT molecular complexity index is 511. The summed E-state index contributed by atoms with van der Waals surface area (Å²) < 4.78 is 4.97. The molecule has 2 amide bonds. The molecule has 0 saturated carbocycles. The Morgan fingerprint density at radius 2 is 1.89 bits per heavy atom. The number of likely N-dealkylation sites (N-methyl/N-ethyl adjacent to an activating group) is 1. The average molecular weight is 260 g/mol. The summed E-state index contributed by atoms with van der Waals surface area (Å²) in [5.74, 6) is -0.606. The Morgan fingerprint density at radius 1 is 1.21 bits per heavy atom. The molecule has 1 aromatic rings. The Hall–Kier alpha value is -2.14. The van der Waals surface area contributed by atoms with Crippen LogP contribution in [0.4, 0.5) is 5.69 Å². The van der Waals surface area contributed by atoms with Crippen LogP contribution < -0.4 is 4.90 Å². The molecule has 0 fully saturated rings. The van der Waals surface area contributed by atoms with Gasteiger partial charge in [0, 0.05) is 26.8 Å². The van der Waals surface area contributed by atoms with E-state index < -0.39 is 0 Å². The van der Waals surface area contributed by atoms with Crippen molar-refractivity contribution in [2.24, 2.45) is 0 Å². The Morgan fingerprint density at radius 3 is 2.53 bits per heavy atom. The fourth-order valence-electron chi connectivity index (χ4n) is 1.90. The standard InChI is InChI=1S/C14H16N2O3/c1-15(8-9-19-2)12-10-13(17)16(14(12)18)11-6-4-3-5-7-11/h3-7,10H,8-9H2,1-2H3. The van der Waals surface area contributed by atoms with Crippen LogP contribution in [-0.4, -0.2) is 44.0 Å². The van der Waals surface area contributed by atoms with Gasteiger partial charge in [0.05, 0.1) is 12.3 Å². The number of para-hydroxylation sites is 1. The zero-order valence-corrected chi connectivity index (χ0v) is 11.0. The number of amides is 2. The monoisotopic (exact) mass is 260 g/mol. The van der Waals surface area contributed by atoms with E-state index in [-0.39, 0.29) is 11.8 Å². The molecular weight excluding hydrogens is 244 g/mol. The first-order valence-corrected chi connectivity index (χ1v) is 6.00. The number of imide groups is 1. The molecule has 0 aromatic heterocycles. The SMILES string of the molecule is COCCN(C)C1=CC(=O)N(c2ccccc2)C1=O. The average Bonchev–Trinajstić information content (AvgIpc) is 2.72. The van der Waals surface area contributed by atoms with Crippen molar-refractivity contribution in [3.05, 3.63) is 42.1 Å². The first-order valence-electron chi connectivity index (χ1n) is 6.00. The van der Waals surface area contributed by atoms with Crippen LogP contribution in [0.25, 0.3) is 0 Å². The number of hydrogen-bond acceptors (Lipinski definition) is 4. The zero-order valence-electron chi connectivity index (χ0n) is 11.0. The lowest BCUT2D eigenvalue weighted by atomic mass is 10.3. The van der Waals surface area contributed by atoms with Gasteiger partial charge in [-0.15, -0.1) is 0 Å². The van der Waals surface area contributed by atoms with Gasteiger partial charge in [0.2, 0.25) is 0 Å². The summed E-state index contributed by atoms with van der Waals surface area (Å²) in [6, 6.07) is 8.90. The van der Waals surface area contributed by atoms with Crippen molar-refractivity contribution in [1.82, 2.24) is 4.90 Å². The van der Waals surface area contributed by atoms with Gasteiger partial charge in [0.15, 0.2) is 0 Å². The number of methoxy groups -OCH3 is 1. The van der Waals surface area contributed by atoms with E-state index in [1.165, 1.54) is 11.0 Å². The zero-order chi connectivity index (χ0) is 13.8. The van der Waals surface area contributed by atoms with E-state index in [2.05, 4.69) is 0 Å². The number of ether oxygens (including phenoxy) is 1. The third-order valence-corrected chi connectivity index (χ3v) is 2.96. The van der Waals surface area contributed by atoms with E-state index in [9.17, 15) is 9.59 Å². The highest BCUT2D eigenvalue weighted by Gasteiger charge is 2.33. The second kappa shape index (κ2) is 5.67. The number of nitrogens with zero attached hydrogens (tertiary/aromatic N) is 2. The minimum Gasteiger partial charge on any atom is -0.383 e. The molecular formula is C14H16N2O3. The number of hydrogen-bond donors (Lipinski definition) is 0. The molecule has 0 radical (unpaired) electrons. The van der Waals surface area contributed by atoms with Crippen LogP contribution in [0.2, 0.25) is 0 Å². The van der Waals surface area contributed by atoms with Gasteiger partial charge >= 0.3 is 0 Å². The van der Waals surface area contributed by atoms with Gasteiger partial charge in [0.1, 0.15) is 5.70 Å². The quantitative estimate of drug-likeness (QED) is 0.742. The van der Waals surface area contributed by atoms with E-state index in [1.807, 2.05) is 6.07 Å². The summed E-state index contributed by atoms with van der Waals surface area (Å²) in [6.07, 6.45) is 1.37. The maximum absolute atomic E-state index is 12.3. The molecule has 1 aliphatic rings. The van der Waals surface area contributed by atoms with Crippen LogP contribution in [0, 0.1) is 0 Å². The van der Waals surface area contributed by atoms with Crippen LogP contribution in [-0.2, 0) is 14.3 Å². The predicted molar refractivity (Wildman–Crippen MR) is 71.5 cm³/mol. The lowest BCUT2D eigenvalue weighted by molar-refractivity contribution is -0.120. The highest BCUT2D eigenvalue weighted by molar-refractivity contribution is 6.30. The summed E-state index contributed by atoms with van der Waals surface area (Å²) in [4.78, 5) is 27.1. The van der Waals surface area contributed by atoms with Crippen molar-refractivity contribution in [3.63, 3.8) is 0 Å².